The van der Waals surface area contributed by atoms with Crippen molar-refractivity contribution in [2.45, 2.75) is 25.9 Å². The van der Waals surface area contributed by atoms with Gasteiger partial charge in [-0.25, -0.2) is 0 Å². The number of pyridine rings is 1. The molecule has 29 heavy (non-hydrogen) atoms. The van der Waals surface area contributed by atoms with Crippen molar-refractivity contribution in [3.63, 3.8) is 0 Å². The lowest BCUT2D eigenvalue weighted by atomic mass is 10.1. The third kappa shape index (κ3) is 3.59. The summed E-state index contributed by atoms with van der Waals surface area (Å²) in [4.78, 5) is 2.53. The van der Waals surface area contributed by atoms with Gasteiger partial charge in [-0.3, -0.25) is 0 Å². The molecule has 0 radical (unpaired) electrons. The highest BCUT2D eigenvalue weighted by Crippen LogP contribution is 2.34. The second-order valence-electron chi connectivity index (χ2n) is 7.97. The highest BCUT2D eigenvalue weighted by atomic mass is 16.5. The second kappa shape index (κ2) is 8.05. The number of rotatable bonds is 7. The van der Waals surface area contributed by atoms with Crippen molar-refractivity contribution in [3.05, 3.63) is 60.2 Å². The zero-order valence-corrected chi connectivity index (χ0v) is 17.1. The molecule has 4 heterocycles. The molecule has 1 aromatic carbocycles. The van der Waals surface area contributed by atoms with E-state index in [9.17, 15) is 0 Å². The van der Waals surface area contributed by atoms with Gasteiger partial charge in [0, 0.05) is 23.2 Å². The van der Waals surface area contributed by atoms with Crippen LogP contribution in [0.5, 0.6) is 5.75 Å². The van der Waals surface area contributed by atoms with Gasteiger partial charge in [0.2, 0.25) is 0 Å². The molecule has 1 fully saturated rings. The molecule has 0 amide bonds. The number of hydrogen-bond donors (Lipinski definition) is 0. The minimum Gasteiger partial charge on any atom is -0.497 e. The van der Waals surface area contributed by atoms with E-state index in [4.69, 9.17) is 9.47 Å². The largest absolute Gasteiger partial charge is 0.497 e. The highest BCUT2D eigenvalue weighted by molar-refractivity contribution is 5.91. The van der Waals surface area contributed by atoms with Gasteiger partial charge in [0.05, 0.1) is 31.4 Å². The molecule has 1 aliphatic rings. The number of likely N-dealkylation sites (tertiary alicyclic amines) is 1. The fourth-order valence-corrected chi connectivity index (χ4v) is 4.57. The summed E-state index contributed by atoms with van der Waals surface area (Å²) in [6.45, 7) is 4.98. The van der Waals surface area contributed by atoms with Crippen LogP contribution in [-0.4, -0.2) is 42.7 Å². The average molecular weight is 389 g/mol. The SMILES string of the molecule is COc1ccc(-c2cc3cc(COCCN4CCCCC4)c4cccc2n34)cc1. The van der Waals surface area contributed by atoms with Crippen LogP contribution < -0.4 is 4.74 Å². The molecule has 0 N–H and O–H groups in total. The summed E-state index contributed by atoms with van der Waals surface area (Å²) in [7, 11) is 1.70. The highest BCUT2D eigenvalue weighted by Gasteiger charge is 2.15. The summed E-state index contributed by atoms with van der Waals surface area (Å²) in [6.07, 6.45) is 4.05. The number of ether oxygens (including phenoxy) is 2. The zero-order chi connectivity index (χ0) is 19.6. The zero-order valence-electron chi connectivity index (χ0n) is 17.1. The first kappa shape index (κ1) is 18.5. The molecule has 1 saturated heterocycles. The van der Waals surface area contributed by atoms with Crippen molar-refractivity contribution in [2.24, 2.45) is 0 Å². The fourth-order valence-electron chi connectivity index (χ4n) is 4.57. The van der Waals surface area contributed by atoms with Gasteiger partial charge in [0.25, 0.3) is 0 Å². The van der Waals surface area contributed by atoms with E-state index in [0.29, 0.717) is 6.61 Å². The first-order valence-electron chi connectivity index (χ1n) is 10.6. The molecule has 1 aliphatic heterocycles. The molecule has 4 aromatic rings. The second-order valence-corrected chi connectivity index (χ2v) is 7.97. The molecule has 0 saturated carbocycles. The lowest BCUT2D eigenvalue weighted by Crippen LogP contribution is -2.32. The Balaban J connectivity index is 1.34. The minimum absolute atomic E-state index is 0.673. The van der Waals surface area contributed by atoms with Crippen molar-refractivity contribution in [2.75, 3.05) is 33.4 Å². The quantitative estimate of drug-likeness (QED) is 0.407. The normalized spacial score (nSPS) is 15.5. The summed E-state index contributed by atoms with van der Waals surface area (Å²) in [5.74, 6) is 0.883. The van der Waals surface area contributed by atoms with Crippen LogP contribution in [0.2, 0.25) is 0 Å². The van der Waals surface area contributed by atoms with E-state index < -0.39 is 0 Å². The molecule has 0 aliphatic carbocycles. The minimum atomic E-state index is 0.673. The number of hydrogen-bond acceptors (Lipinski definition) is 3. The Morgan fingerprint density at radius 3 is 2.48 bits per heavy atom. The molecule has 4 heteroatoms. The summed E-state index contributed by atoms with van der Waals surface area (Å²) >= 11 is 0. The van der Waals surface area contributed by atoms with E-state index in [1.807, 2.05) is 12.1 Å². The van der Waals surface area contributed by atoms with Crippen molar-refractivity contribution in [3.8, 4) is 16.9 Å². The Kier molecular flexibility index (Phi) is 5.13. The number of aromatic nitrogens is 1. The Labute approximate surface area is 172 Å². The molecule has 0 bridgehead atoms. The molecule has 0 atom stereocenters. The van der Waals surface area contributed by atoms with E-state index in [1.165, 1.54) is 65.6 Å². The standard InChI is InChI=1S/C25H28N2O2/c1-28-22-10-8-19(9-11-22)23-17-21-16-20(24-6-5-7-25(23)27(21)24)18-29-15-14-26-12-3-2-4-13-26/h5-11,16-17H,2-4,12-15,18H2,1H3. The molecule has 5 rings (SSSR count). The van der Waals surface area contributed by atoms with E-state index in [-0.39, 0.29) is 0 Å². The Morgan fingerprint density at radius 1 is 0.897 bits per heavy atom. The van der Waals surface area contributed by atoms with E-state index in [2.05, 4.69) is 51.8 Å². The first-order chi connectivity index (χ1) is 14.3. The molecular formula is C25H28N2O2. The molecule has 4 nitrogen and oxygen atoms in total. The van der Waals surface area contributed by atoms with Crippen LogP contribution in [0.4, 0.5) is 0 Å². The number of nitrogens with zero attached hydrogens (tertiary/aromatic N) is 2. The van der Waals surface area contributed by atoms with E-state index >= 15 is 0 Å². The van der Waals surface area contributed by atoms with Crippen molar-refractivity contribution >= 4 is 16.6 Å². The van der Waals surface area contributed by atoms with Crippen LogP contribution in [-0.2, 0) is 11.3 Å². The Bertz CT molecular complexity index is 1080. The summed E-state index contributed by atoms with van der Waals surface area (Å²) in [5.41, 5.74) is 7.45. The van der Waals surface area contributed by atoms with E-state index in [1.54, 1.807) is 7.11 Å². The van der Waals surface area contributed by atoms with Crippen LogP contribution in [0, 0.1) is 0 Å². The summed E-state index contributed by atoms with van der Waals surface area (Å²) in [6, 6.07) is 19.4. The van der Waals surface area contributed by atoms with Crippen LogP contribution in [0.25, 0.3) is 27.7 Å². The lowest BCUT2D eigenvalue weighted by Gasteiger charge is -2.26. The van der Waals surface area contributed by atoms with Gasteiger partial charge < -0.3 is 18.8 Å². The van der Waals surface area contributed by atoms with Crippen molar-refractivity contribution < 1.29 is 9.47 Å². The average Bonchev–Trinajstić information content (AvgIpc) is 3.33. The van der Waals surface area contributed by atoms with Gasteiger partial charge in [-0.15, -0.1) is 0 Å². The van der Waals surface area contributed by atoms with Gasteiger partial charge in [-0.05, 0) is 67.9 Å². The fraction of sp³-hybridized carbons (Fsp3) is 0.360. The maximum Gasteiger partial charge on any atom is 0.118 e. The monoisotopic (exact) mass is 388 g/mol. The van der Waals surface area contributed by atoms with E-state index in [0.717, 1.165) is 18.9 Å². The van der Waals surface area contributed by atoms with Crippen molar-refractivity contribution in [1.29, 1.82) is 0 Å². The van der Waals surface area contributed by atoms with Crippen LogP contribution in [0.1, 0.15) is 24.8 Å². The van der Waals surface area contributed by atoms with Gasteiger partial charge in [0.15, 0.2) is 0 Å². The smallest absolute Gasteiger partial charge is 0.118 e. The third-order valence-electron chi connectivity index (χ3n) is 6.13. The topological polar surface area (TPSA) is 26.1 Å². The third-order valence-corrected chi connectivity index (χ3v) is 6.13. The molecule has 0 spiro atoms. The van der Waals surface area contributed by atoms with Crippen molar-refractivity contribution in [1.82, 2.24) is 9.30 Å². The Morgan fingerprint density at radius 2 is 1.69 bits per heavy atom. The van der Waals surface area contributed by atoms with Gasteiger partial charge in [-0.2, -0.15) is 0 Å². The van der Waals surface area contributed by atoms with Gasteiger partial charge in [-0.1, -0.05) is 24.6 Å². The van der Waals surface area contributed by atoms with Gasteiger partial charge >= 0.3 is 0 Å². The number of benzene rings is 1. The van der Waals surface area contributed by atoms with Crippen LogP contribution in [0.3, 0.4) is 0 Å². The molecule has 0 unspecified atom stereocenters. The predicted octanol–water partition coefficient (Wildman–Crippen LogP) is 5.21. The molecule has 150 valence electrons. The maximum atomic E-state index is 6.06. The first-order valence-corrected chi connectivity index (χ1v) is 10.6. The van der Waals surface area contributed by atoms with Crippen LogP contribution in [0.15, 0.2) is 54.6 Å². The number of methoxy groups -OCH3 is 1. The Hall–Kier alpha value is -2.56. The predicted molar refractivity (Wildman–Crippen MR) is 118 cm³/mol. The maximum absolute atomic E-state index is 6.06. The summed E-state index contributed by atoms with van der Waals surface area (Å²) < 4.78 is 13.7. The summed E-state index contributed by atoms with van der Waals surface area (Å²) in [5, 5.41) is 0. The molecule has 3 aromatic heterocycles. The van der Waals surface area contributed by atoms with Gasteiger partial charge in [0.1, 0.15) is 5.75 Å². The lowest BCUT2D eigenvalue weighted by molar-refractivity contribution is 0.0869. The van der Waals surface area contributed by atoms with Crippen LogP contribution >= 0.6 is 0 Å². The number of piperidine rings is 1. The molecular weight excluding hydrogens is 360 g/mol.